The number of carbonyl (C=O) groups is 6. The van der Waals surface area contributed by atoms with Crippen molar-refractivity contribution in [2.45, 2.75) is 179 Å². The summed E-state index contributed by atoms with van der Waals surface area (Å²) >= 11 is 0. The molecule has 0 spiro atoms. The number of aliphatic hydroxyl groups is 1. The van der Waals surface area contributed by atoms with Gasteiger partial charge in [-0.1, -0.05) is 71.1 Å². The number of ketones is 2. The van der Waals surface area contributed by atoms with Crippen molar-refractivity contribution in [1.82, 2.24) is 30.7 Å². The first-order valence-corrected chi connectivity index (χ1v) is 22.4. The van der Waals surface area contributed by atoms with Crippen molar-refractivity contribution in [2.24, 2.45) is 5.92 Å². The van der Waals surface area contributed by atoms with Crippen molar-refractivity contribution in [3.8, 4) is 0 Å². The first kappa shape index (κ1) is 45.8. The number of methoxy groups -OCH3 is 1. The third kappa shape index (κ3) is 9.09. The second-order valence-corrected chi connectivity index (χ2v) is 17.7. The molecule has 1 aliphatic carbocycles. The first-order chi connectivity index (χ1) is 28.7. The van der Waals surface area contributed by atoms with Crippen LogP contribution in [0.4, 0.5) is 0 Å². The molecule has 0 aromatic heterocycles. The highest BCUT2D eigenvalue weighted by molar-refractivity contribution is 6.25. The van der Waals surface area contributed by atoms with Crippen molar-refractivity contribution in [3.63, 3.8) is 0 Å². The normalized spacial score (nSPS) is 30.1. The van der Waals surface area contributed by atoms with Gasteiger partial charge in [0, 0.05) is 53.7 Å². The van der Waals surface area contributed by atoms with Crippen LogP contribution in [-0.2, 0) is 43.0 Å². The molecule has 5 aliphatic heterocycles. The molecule has 6 aliphatic rings. The Balaban J connectivity index is 1.02. The predicted octanol–water partition coefficient (Wildman–Crippen LogP) is 2.23. The van der Waals surface area contributed by atoms with Gasteiger partial charge in [0.05, 0.1) is 25.8 Å². The number of ether oxygens (including phenoxy) is 3. The molecule has 6 rings (SSSR count). The van der Waals surface area contributed by atoms with Crippen molar-refractivity contribution >= 4 is 35.3 Å². The number of likely N-dealkylation sites (N-methyl/N-ethyl adjacent to an activating group) is 1. The fourth-order valence-electron chi connectivity index (χ4n) is 10.7. The molecule has 60 heavy (non-hydrogen) atoms. The highest BCUT2D eigenvalue weighted by Crippen LogP contribution is 2.54. The van der Waals surface area contributed by atoms with Gasteiger partial charge in [-0.25, -0.2) is 4.79 Å². The van der Waals surface area contributed by atoms with Gasteiger partial charge < -0.3 is 35.3 Å². The summed E-state index contributed by atoms with van der Waals surface area (Å²) in [6, 6.07) is -5.35. The molecule has 0 aromatic carbocycles. The van der Waals surface area contributed by atoms with Gasteiger partial charge in [-0.05, 0) is 47.6 Å². The summed E-state index contributed by atoms with van der Waals surface area (Å²) in [6.45, 7) is 8.95. The van der Waals surface area contributed by atoms with Crippen molar-refractivity contribution in [2.75, 3.05) is 33.9 Å². The van der Waals surface area contributed by atoms with Crippen LogP contribution in [0.15, 0.2) is 22.5 Å². The molecular weight excluding hydrogens is 773 g/mol. The lowest BCUT2D eigenvalue weighted by Gasteiger charge is -2.61. The van der Waals surface area contributed by atoms with E-state index in [0.717, 1.165) is 19.3 Å². The topological polar surface area (TPSA) is 196 Å². The molecule has 2 unspecified atom stereocenters. The molecule has 4 fully saturated rings. The summed E-state index contributed by atoms with van der Waals surface area (Å²) in [5.74, 6) is -3.05. The number of amides is 3. The van der Waals surface area contributed by atoms with E-state index in [4.69, 9.17) is 14.2 Å². The molecule has 11 atom stereocenters. The van der Waals surface area contributed by atoms with Crippen molar-refractivity contribution in [1.29, 1.82) is 0 Å². The second-order valence-electron chi connectivity index (χ2n) is 17.7. The Morgan fingerprint density at radius 1 is 0.833 bits per heavy atom. The Kier molecular flexibility index (Phi) is 15.3. The average molecular weight is 841 g/mol. The Morgan fingerprint density at radius 3 is 2.07 bits per heavy atom. The van der Waals surface area contributed by atoms with E-state index in [0.29, 0.717) is 31.6 Å². The molecule has 16 heteroatoms. The number of nitrogens with zero attached hydrogens (tertiary/aromatic N) is 3. The average Bonchev–Trinajstić information content (AvgIpc) is 3.82. The van der Waals surface area contributed by atoms with Crippen LogP contribution in [0.5, 0.6) is 0 Å². The number of rotatable bonds is 21. The minimum atomic E-state index is -1.15. The fraction of sp³-hybridized carbons (Fsp3) is 0.773. The molecular formula is C44H68N6O10. The number of aliphatic hydroxyl groups excluding tert-OH is 1. The lowest BCUT2D eigenvalue weighted by molar-refractivity contribution is -0.190. The molecule has 2 bridgehead atoms. The third-order valence-corrected chi connectivity index (χ3v) is 13.8. The van der Waals surface area contributed by atoms with Crippen molar-refractivity contribution in [3.05, 3.63) is 22.5 Å². The maximum atomic E-state index is 14.3. The van der Waals surface area contributed by atoms with Crippen LogP contribution in [0.25, 0.3) is 0 Å². The zero-order chi connectivity index (χ0) is 43.4. The standard InChI is InChI=1S/C44H68N6O10/c1-8-9-10-11-12-13-14-15-16-17-18-19-31(51)45-25(3)40(54)46-26(4)41(55)47-27(5)44(57)60-23-30-32-33(37(52)24(2)39(58-7)38(32)53)35-36-34-28(43-49(35)20-21-59-43)22-29(48(34)6)42(56)50(30)36/h25-30,34-36,42-43,56H,8-23H2,1-7H3,(H,45,51)(H,46,54)(H,47,55)/t25-,26-,27-,28?,29?,30-,34+,35+,36+,42-,43+/m0/s1. The number of Topliss-reactive ketones (excluding diaryl/α,β-unsaturated/α-hetero) is 2. The van der Waals surface area contributed by atoms with Crippen LogP contribution in [0.1, 0.15) is 118 Å². The maximum absolute atomic E-state index is 14.3. The van der Waals surface area contributed by atoms with Gasteiger partial charge in [-0.3, -0.25) is 38.7 Å². The highest BCUT2D eigenvalue weighted by atomic mass is 16.5. The Hall–Kier alpha value is -3.70. The molecule has 3 amide bonds. The van der Waals surface area contributed by atoms with E-state index in [-0.39, 0.29) is 59.4 Å². The number of hydrogen-bond acceptors (Lipinski definition) is 13. The molecule has 0 radical (unpaired) electrons. The van der Waals surface area contributed by atoms with Gasteiger partial charge in [0.15, 0.2) is 11.5 Å². The number of piperidine rings is 1. The number of allylic oxidation sites excluding steroid dienone is 2. The summed E-state index contributed by atoms with van der Waals surface area (Å²) in [5.41, 5.74) is 0.662. The van der Waals surface area contributed by atoms with E-state index in [1.54, 1.807) is 13.8 Å². The quantitative estimate of drug-likeness (QED) is 0.0748. The number of hydrogen-bond donors (Lipinski definition) is 4. The molecule has 4 N–H and O–H groups in total. The summed E-state index contributed by atoms with van der Waals surface area (Å²) in [4.78, 5) is 86.8. The van der Waals surface area contributed by atoms with E-state index >= 15 is 0 Å². The number of nitrogens with one attached hydrogen (secondary N) is 3. The van der Waals surface area contributed by atoms with E-state index in [9.17, 15) is 33.9 Å². The van der Waals surface area contributed by atoms with Crippen LogP contribution in [-0.4, -0.2) is 150 Å². The SMILES string of the molecule is CCCCCCCCCCCCCC(=O)N[C@@H](C)C(=O)N[C@@H](C)C(=O)N[C@@H](C)C(=O)OC[C@H]1C2=C(C(=O)C(C)=C(OC)C2=O)[C@@H]2[C@H]3[C@H]4C(CC([C@H](O)N31)N4C)[C@H]1OCCN12. The molecule has 5 heterocycles. The Labute approximate surface area is 354 Å². The predicted molar refractivity (Wildman–Crippen MR) is 221 cm³/mol. The van der Waals surface area contributed by atoms with Crippen LogP contribution < -0.4 is 16.0 Å². The first-order valence-electron chi connectivity index (χ1n) is 22.4. The van der Waals surface area contributed by atoms with Crippen LogP contribution in [0.2, 0.25) is 0 Å². The Morgan fingerprint density at radius 2 is 1.43 bits per heavy atom. The lowest BCUT2D eigenvalue weighted by atomic mass is 9.69. The fourth-order valence-corrected chi connectivity index (χ4v) is 10.7. The summed E-state index contributed by atoms with van der Waals surface area (Å²) in [5, 5.41) is 19.9. The number of carbonyl (C=O) groups excluding carboxylic acids is 6. The number of piperazine rings is 1. The van der Waals surface area contributed by atoms with E-state index in [2.05, 4.69) is 32.7 Å². The number of unbranched alkanes of at least 4 members (excludes halogenated alkanes) is 10. The van der Waals surface area contributed by atoms with Gasteiger partial charge in [0.25, 0.3) is 0 Å². The summed E-state index contributed by atoms with van der Waals surface area (Å²) < 4.78 is 17.5. The smallest absolute Gasteiger partial charge is 0.328 e. The van der Waals surface area contributed by atoms with E-state index in [1.807, 2.05) is 11.9 Å². The van der Waals surface area contributed by atoms with Gasteiger partial charge in [-0.2, -0.15) is 0 Å². The minimum absolute atomic E-state index is 0.0607. The monoisotopic (exact) mass is 840 g/mol. The van der Waals surface area contributed by atoms with Crippen LogP contribution in [0, 0.1) is 5.92 Å². The summed E-state index contributed by atoms with van der Waals surface area (Å²) in [6.07, 6.45) is 12.6. The largest absolute Gasteiger partial charge is 0.492 e. The maximum Gasteiger partial charge on any atom is 0.328 e. The molecule has 4 saturated heterocycles. The Bertz CT molecular complexity index is 1720. The van der Waals surface area contributed by atoms with Gasteiger partial charge >= 0.3 is 5.97 Å². The third-order valence-electron chi connectivity index (χ3n) is 13.8. The van der Waals surface area contributed by atoms with Crippen LogP contribution in [0.3, 0.4) is 0 Å². The number of esters is 1. The highest BCUT2D eigenvalue weighted by Gasteiger charge is 2.69. The second kappa shape index (κ2) is 20.0. The van der Waals surface area contributed by atoms with Crippen molar-refractivity contribution < 1.29 is 48.1 Å². The summed E-state index contributed by atoms with van der Waals surface area (Å²) in [7, 11) is 3.31. The van der Waals surface area contributed by atoms with Gasteiger partial charge in [0.1, 0.15) is 37.2 Å². The minimum Gasteiger partial charge on any atom is -0.492 e. The zero-order valence-corrected chi connectivity index (χ0v) is 36.6. The molecule has 16 nitrogen and oxygen atoms in total. The van der Waals surface area contributed by atoms with Crippen LogP contribution >= 0.6 is 0 Å². The molecule has 0 aromatic rings. The van der Waals surface area contributed by atoms with E-state index in [1.165, 1.54) is 72.3 Å². The molecule has 334 valence electrons. The van der Waals surface area contributed by atoms with Gasteiger partial charge in [-0.15, -0.1) is 0 Å². The number of fused-ring (bicyclic) bond motifs is 5. The van der Waals surface area contributed by atoms with E-state index < -0.39 is 66.0 Å². The zero-order valence-electron chi connectivity index (χ0n) is 36.6. The van der Waals surface area contributed by atoms with Gasteiger partial charge in [0.2, 0.25) is 23.5 Å². The molecule has 0 saturated carbocycles. The lowest BCUT2D eigenvalue weighted by Crippen LogP contribution is -2.78.